The Morgan fingerprint density at radius 3 is 3.07 bits per heavy atom. The Balaban J connectivity index is 1.96. The lowest BCUT2D eigenvalue weighted by Crippen LogP contribution is -2.28. The molecule has 1 aromatic rings. The maximum absolute atomic E-state index is 5.24. The van der Waals surface area contributed by atoms with Crippen LogP contribution in [0, 0.1) is 0 Å². The highest BCUT2D eigenvalue weighted by atomic mass is 16.5. The van der Waals surface area contributed by atoms with Gasteiger partial charge in [-0.25, -0.2) is 0 Å². The van der Waals surface area contributed by atoms with Crippen molar-refractivity contribution in [3.05, 3.63) is 35.4 Å². The summed E-state index contributed by atoms with van der Waals surface area (Å²) in [6, 6.07) is 9.24. The predicted molar refractivity (Wildman–Crippen MR) is 62.0 cm³/mol. The lowest BCUT2D eigenvalue weighted by atomic mass is 10.1. The number of ether oxygens (including phenoxy) is 1. The van der Waals surface area contributed by atoms with Crippen LogP contribution in [-0.4, -0.2) is 19.8 Å². The lowest BCUT2D eigenvalue weighted by molar-refractivity contribution is 0.114. The van der Waals surface area contributed by atoms with Crippen molar-refractivity contribution in [3.8, 4) is 0 Å². The summed E-state index contributed by atoms with van der Waals surface area (Å²) in [5.41, 5.74) is 2.97. The van der Waals surface area contributed by atoms with Crippen LogP contribution in [-0.2, 0) is 11.2 Å². The Bertz CT molecular complexity index is 324. The van der Waals surface area contributed by atoms with E-state index in [2.05, 4.69) is 36.5 Å². The van der Waals surface area contributed by atoms with E-state index in [0.717, 1.165) is 6.54 Å². The first-order valence-corrected chi connectivity index (χ1v) is 5.65. The summed E-state index contributed by atoms with van der Waals surface area (Å²) in [5, 5.41) is 3.56. The topological polar surface area (TPSA) is 21.3 Å². The van der Waals surface area contributed by atoms with Gasteiger partial charge in [-0.05, 0) is 30.9 Å². The smallest absolute Gasteiger partial charge is 0.0667 e. The average Bonchev–Trinajstić information content (AvgIpc) is 2.69. The molecule has 0 saturated carbocycles. The van der Waals surface area contributed by atoms with Crippen molar-refractivity contribution >= 4 is 0 Å². The highest BCUT2D eigenvalue weighted by molar-refractivity contribution is 5.34. The largest absolute Gasteiger partial charge is 0.380 e. The van der Waals surface area contributed by atoms with Crippen LogP contribution < -0.4 is 5.32 Å². The Kier molecular flexibility index (Phi) is 3.39. The average molecular weight is 205 g/mol. The molecule has 0 amide bonds. The van der Waals surface area contributed by atoms with E-state index in [0.29, 0.717) is 6.04 Å². The zero-order valence-corrected chi connectivity index (χ0v) is 9.49. The zero-order valence-electron chi connectivity index (χ0n) is 9.49. The minimum Gasteiger partial charge on any atom is -0.380 e. The van der Waals surface area contributed by atoms with Gasteiger partial charge in [0.05, 0.1) is 6.10 Å². The molecule has 2 rings (SSSR count). The quantitative estimate of drug-likeness (QED) is 0.814. The van der Waals surface area contributed by atoms with Gasteiger partial charge in [0.15, 0.2) is 0 Å². The lowest BCUT2D eigenvalue weighted by Gasteiger charge is -2.17. The molecule has 0 aromatic heterocycles. The summed E-state index contributed by atoms with van der Waals surface area (Å²) in [7, 11) is 1.76. The number of hydrogen-bond acceptors (Lipinski definition) is 2. The number of methoxy groups -OCH3 is 1. The fourth-order valence-electron chi connectivity index (χ4n) is 2.16. The molecule has 0 radical (unpaired) electrons. The minimum atomic E-state index is 0.290. The maximum atomic E-state index is 5.24. The summed E-state index contributed by atoms with van der Waals surface area (Å²) in [5.74, 6) is 0. The van der Waals surface area contributed by atoms with E-state index in [1.807, 2.05) is 0 Å². The second-order valence-electron chi connectivity index (χ2n) is 4.24. The van der Waals surface area contributed by atoms with Crippen molar-refractivity contribution in [2.45, 2.75) is 31.9 Å². The Labute approximate surface area is 91.6 Å². The number of fused-ring (bicyclic) bond motifs is 1. The molecular weight excluding hydrogens is 186 g/mol. The van der Waals surface area contributed by atoms with E-state index in [1.54, 1.807) is 7.11 Å². The van der Waals surface area contributed by atoms with Crippen molar-refractivity contribution in [3.63, 3.8) is 0 Å². The molecule has 0 spiro atoms. The molecule has 15 heavy (non-hydrogen) atoms. The molecule has 0 saturated heterocycles. The van der Waals surface area contributed by atoms with E-state index in [-0.39, 0.29) is 6.10 Å². The van der Waals surface area contributed by atoms with Crippen molar-refractivity contribution in [2.75, 3.05) is 13.7 Å². The second kappa shape index (κ2) is 4.77. The van der Waals surface area contributed by atoms with Crippen LogP contribution in [0.25, 0.3) is 0 Å². The van der Waals surface area contributed by atoms with Gasteiger partial charge in [-0.3, -0.25) is 0 Å². The van der Waals surface area contributed by atoms with Crippen LogP contribution in [0.4, 0.5) is 0 Å². The van der Waals surface area contributed by atoms with E-state index >= 15 is 0 Å². The molecule has 1 aromatic carbocycles. The molecule has 2 nitrogen and oxygen atoms in total. The monoisotopic (exact) mass is 205 g/mol. The third kappa shape index (κ3) is 2.39. The fraction of sp³-hybridized carbons (Fsp3) is 0.538. The standard InChI is InChI=1S/C13H19NO/c1-10(15-2)9-14-13-8-7-11-5-3-4-6-12(11)13/h3-6,10,13-14H,7-9H2,1-2H3. The first-order valence-electron chi connectivity index (χ1n) is 5.65. The second-order valence-corrected chi connectivity index (χ2v) is 4.24. The molecule has 1 aliphatic carbocycles. The number of hydrogen-bond donors (Lipinski definition) is 1. The van der Waals surface area contributed by atoms with Crippen LogP contribution in [0.5, 0.6) is 0 Å². The Hall–Kier alpha value is -0.860. The van der Waals surface area contributed by atoms with E-state index in [4.69, 9.17) is 4.74 Å². The number of benzene rings is 1. The summed E-state index contributed by atoms with van der Waals surface area (Å²) in [4.78, 5) is 0. The summed E-state index contributed by atoms with van der Waals surface area (Å²) in [6.45, 7) is 3.02. The molecule has 0 fully saturated rings. The molecule has 0 bridgehead atoms. The molecule has 82 valence electrons. The maximum Gasteiger partial charge on any atom is 0.0667 e. The van der Waals surface area contributed by atoms with Gasteiger partial charge in [0.25, 0.3) is 0 Å². The van der Waals surface area contributed by atoms with Crippen molar-refractivity contribution in [1.29, 1.82) is 0 Å². The molecule has 0 aliphatic heterocycles. The predicted octanol–water partition coefficient (Wildman–Crippen LogP) is 2.30. The van der Waals surface area contributed by atoms with Gasteiger partial charge >= 0.3 is 0 Å². The highest BCUT2D eigenvalue weighted by Gasteiger charge is 2.21. The minimum absolute atomic E-state index is 0.290. The summed E-state index contributed by atoms with van der Waals surface area (Å²) < 4.78 is 5.24. The molecular formula is C13H19NO. The highest BCUT2D eigenvalue weighted by Crippen LogP contribution is 2.30. The first-order chi connectivity index (χ1) is 7.31. The molecule has 2 atom stereocenters. The van der Waals surface area contributed by atoms with E-state index in [1.165, 1.54) is 24.0 Å². The van der Waals surface area contributed by atoms with Gasteiger partial charge in [-0.1, -0.05) is 24.3 Å². The van der Waals surface area contributed by atoms with Gasteiger partial charge in [-0.15, -0.1) is 0 Å². The third-order valence-corrected chi connectivity index (χ3v) is 3.19. The van der Waals surface area contributed by atoms with Gasteiger partial charge in [0, 0.05) is 19.7 Å². The number of aryl methyl sites for hydroxylation is 1. The van der Waals surface area contributed by atoms with Crippen molar-refractivity contribution in [1.82, 2.24) is 5.32 Å². The zero-order chi connectivity index (χ0) is 10.7. The first kappa shape index (κ1) is 10.7. The van der Waals surface area contributed by atoms with Gasteiger partial charge in [0.2, 0.25) is 0 Å². The SMILES string of the molecule is COC(C)CNC1CCc2ccccc21. The van der Waals surface area contributed by atoms with Gasteiger partial charge in [-0.2, -0.15) is 0 Å². The molecule has 1 N–H and O–H groups in total. The summed E-state index contributed by atoms with van der Waals surface area (Å²) >= 11 is 0. The fourth-order valence-corrected chi connectivity index (χ4v) is 2.16. The van der Waals surface area contributed by atoms with E-state index < -0.39 is 0 Å². The van der Waals surface area contributed by atoms with Gasteiger partial charge in [0.1, 0.15) is 0 Å². The molecule has 2 heteroatoms. The van der Waals surface area contributed by atoms with Gasteiger partial charge < -0.3 is 10.1 Å². The number of nitrogens with one attached hydrogen (secondary N) is 1. The van der Waals surface area contributed by atoms with Crippen LogP contribution in [0.2, 0.25) is 0 Å². The molecule has 0 heterocycles. The molecule has 2 unspecified atom stereocenters. The third-order valence-electron chi connectivity index (χ3n) is 3.19. The summed E-state index contributed by atoms with van der Waals surface area (Å²) in [6.07, 6.45) is 2.71. The Morgan fingerprint density at radius 2 is 2.27 bits per heavy atom. The van der Waals surface area contributed by atoms with Crippen molar-refractivity contribution in [2.24, 2.45) is 0 Å². The van der Waals surface area contributed by atoms with Crippen LogP contribution in [0.15, 0.2) is 24.3 Å². The Morgan fingerprint density at radius 1 is 1.47 bits per heavy atom. The van der Waals surface area contributed by atoms with Crippen LogP contribution in [0.3, 0.4) is 0 Å². The van der Waals surface area contributed by atoms with E-state index in [9.17, 15) is 0 Å². The normalized spacial score (nSPS) is 21.3. The van der Waals surface area contributed by atoms with Crippen LogP contribution >= 0.6 is 0 Å². The number of rotatable bonds is 4. The molecule has 1 aliphatic rings. The van der Waals surface area contributed by atoms with Crippen LogP contribution in [0.1, 0.15) is 30.5 Å². The van der Waals surface area contributed by atoms with Crippen molar-refractivity contribution < 1.29 is 4.74 Å².